The van der Waals surface area contributed by atoms with Crippen LogP contribution in [0.25, 0.3) is 0 Å². The fraction of sp³-hybridized carbons (Fsp3) is 0.750. The number of rotatable bonds is 1. The van der Waals surface area contributed by atoms with Crippen molar-refractivity contribution >= 4 is 11.9 Å². The van der Waals surface area contributed by atoms with Gasteiger partial charge in [0.05, 0.1) is 11.8 Å². The fourth-order valence-electron chi connectivity index (χ4n) is 2.79. The van der Waals surface area contributed by atoms with Crippen LogP contribution in [0.1, 0.15) is 6.42 Å². The largest absolute Gasteiger partial charge is 0.481 e. The van der Waals surface area contributed by atoms with Gasteiger partial charge in [-0.05, 0) is 6.42 Å². The van der Waals surface area contributed by atoms with Gasteiger partial charge in [-0.1, -0.05) is 0 Å². The van der Waals surface area contributed by atoms with Crippen LogP contribution >= 0.6 is 0 Å². The molecule has 3 fully saturated rings. The van der Waals surface area contributed by atoms with E-state index in [2.05, 4.69) is 0 Å². The Morgan fingerprint density at radius 2 is 2.33 bits per heavy atom. The van der Waals surface area contributed by atoms with Crippen LogP contribution in [0.5, 0.6) is 0 Å². The lowest BCUT2D eigenvalue weighted by atomic mass is 9.93. The molecule has 0 amide bonds. The fourth-order valence-corrected chi connectivity index (χ4v) is 2.79. The maximum absolute atomic E-state index is 11.1. The third-order valence-electron chi connectivity index (χ3n) is 3.37. The minimum atomic E-state index is -0.843. The van der Waals surface area contributed by atoms with E-state index in [1.54, 1.807) is 0 Å². The summed E-state index contributed by atoms with van der Waals surface area (Å²) in [7, 11) is 0. The molecule has 5 atom stereocenters. The zero-order chi connectivity index (χ0) is 8.46. The number of carbonyl (C=O) groups excluding carboxylic acids is 1. The minimum absolute atomic E-state index is 0.0816. The van der Waals surface area contributed by atoms with Crippen LogP contribution in [-0.2, 0) is 14.3 Å². The van der Waals surface area contributed by atoms with Crippen molar-refractivity contribution in [1.82, 2.24) is 0 Å². The average Bonchev–Trinajstić information content (AvgIpc) is 2.39. The first-order valence-electron chi connectivity index (χ1n) is 4.13. The summed E-state index contributed by atoms with van der Waals surface area (Å²) >= 11 is 0. The van der Waals surface area contributed by atoms with E-state index in [0.717, 1.165) is 0 Å². The Labute approximate surface area is 68.5 Å². The molecule has 4 nitrogen and oxygen atoms in total. The van der Waals surface area contributed by atoms with Gasteiger partial charge in [-0.15, -0.1) is 0 Å². The van der Waals surface area contributed by atoms with E-state index in [1.165, 1.54) is 0 Å². The summed E-state index contributed by atoms with van der Waals surface area (Å²) in [5.74, 6) is -1.30. The van der Waals surface area contributed by atoms with Gasteiger partial charge >= 0.3 is 11.9 Å². The first-order valence-corrected chi connectivity index (χ1v) is 4.13. The maximum Gasteiger partial charge on any atom is 0.310 e. The molecule has 64 valence electrons. The molecule has 3 aliphatic rings. The highest BCUT2D eigenvalue weighted by Crippen LogP contribution is 2.64. The number of carboxylic acid groups (broad SMARTS) is 1. The number of ether oxygens (including phenoxy) is 1. The quantitative estimate of drug-likeness (QED) is 0.554. The normalized spacial score (nSPS) is 53.3. The molecular formula is C8H8O4. The van der Waals surface area contributed by atoms with Crippen LogP contribution in [0.15, 0.2) is 0 Å². The Balaban J connectivity index is 1.94. The molecule has 1 N–H and O–H groups in total. The van der Waals surface area contributed by atoms with E-state index in [1.807, 2.05) is 0 Å². The van der Waals surface area contributed by atoms with Gasteiger partial charge in [-0.25, -0.2) is 0 Å². The molecule has 0 aromatic rings. The predicted octanol–water partition coefficient (Wildman–Crippen LogP) is -0.121. The highest BCUT2D eigenvalue weighted by molar-refractivity contribution is 5.85. The number of hydrogen-bond acceptors (Lipinski definition) is 3. The molecule has 0 radical (unpaired) electrons. The second kappa shape index (κ2) is 1.65. The summed E-state index contributed by atoms with van der Waals surface area (Å²) in [6.45, 7) is 0. The van der Waals surface area contributed by atoms with Crippen molar-refractivity contribution in [1.29, 1.82) is 0 Å². The molecule has 1 saturated heterocycles. The SMILES string of the molecule is O=C(O)C1CC2C3OC(=O)C1C23. The zero-order valence-electron chi connectivity index (χ0n) is 6.27. The van der Waals surface area contributed by atoms with E-state index >= 15 is 0 Å². The van der Waals surface area contributed by atoms with Crippen molar-refractivity contribution in [3.63, 3.8) is 0 Å². The topological polar surface area (TPSA) is 63.6 Å². The van der Waals surface area contributed by atoms with Gasteiger partial charge in [0.15, 0.2) is 0 Å². The van der Waals surface area contributed by atoms with Crippen LogP contribution in [-0.4, -0.2) is 23.1 Å². The molecule has 5 unspecified atom stereocenters. The van der Waals surface area contributed by atoms with Crippen LogP contribution < -0.4 is 0 Å². The van der Waals surface area contributed by atoms with Crippen molar-refractivity contribution in [3.8, 4) is 0 Å². The third kappa shape index (κ3) is 0.519. The molecule has 12 heavy (non-hydrogen) atoms. The molecule has 0 bridgehead atoms. The summed E-state index contributed by atoms with van der Waals surface area (Å²) in [6.07, 6.45) is 0.722. The van der Waals surface area contributed by atoms with Gasteiger partial charge in [0.25, 0.3) is 0 Å². The predicted molar refractivity (Wildman–Crippen MR) is 36.1 cm³/mol. The van der Waals surface area contributed by atoms with Crippen molar-refractivity contribution < 1.29 is 19.4 Å². The van der Waals surface area contributed by atoms with Crippen LogP contribution in [0.2, 0.25) is 0 Å². The Morgan fingerprint density at radius 3 is 3.00 bits per heavy atom. The smallest absolute Gasteiger partial charge is 0.310 e. The standard InChI is InChI=1S/C8H8O4/c9-7(10)3-1-2-4-5(3)8(11)12-6(2)4/h2-6H,1H2,(H,9,10). The maximum atomic E-state index is 11.1. The zero-order valence-corrected chi connectivity index (χ0v) is 6.27. The molecule has 2 aliphatic carbocycles. The first-order chi connectivity index (χ1) is 5.70. The molecular weight excluding hydrogens is 160 g/mol. The van der Waals surface area contributed by atoms with Crippen molar-refractivity contribution in [2.75, 3.05) is 0 Å². The third-order valence-corrected chi connectivity index (χ3v) is 3.37. The van der Waals surface area contributed by atoms with Crippen molar-refractivity contribution in [2.24, 2.45) is 23.7 Å². The summed E-state index contributed by atoms with van der Waals surface area (Å²) in [5, 5.41) is 8.78. The Hall–Kier alpha value is -1.06. The molecule has 0 spiro atoms. The van der Waals surface area contributed by atoms with E-state index in [4.69, 9.17) is 9.84 Å². The van der Waals surface area contributed by atoms with Gasteiger partial charge in [-0.2, -0.15) is 0 Å². The van der Waals surface area contributed by atoms with Gasteiger partial charge < -0.3 is 9.84 Å². The number of hydrogen-bond donors (Lipinski definition) is 1. The number of carboxylic acids is 1. The number of aliphatic carboxylic acids is 1. The number of esters is 1. The van der Waals surface area contributed by atoms with Crippen LogP contribution in [0.3, 0.4) is 0 Å². The molecule has 4 heteroatoms. The Morgan fingerprint density at radius 1 is 1.58 bits per heavy atom. The summed E-state index contributed by atoms with van der Waals surface area (Å²) in [5.41, 5.74) is 0. The van der Waals surface area contributed by atoms with Crippen LogP contribution in [0, 0.1) is 23.7 Å². The van der Waals surface area contributed by atoms with Crippen molar-refractivity contribution in [3.05, 3.63) is 0 Å². The van der Waals surface area contributed by atoms with E-state index in [-0.39, 0.29) is 23.9 Å². The summed E-state index contributed by atoms with van der Waals surface area (Å²) in [4.78, 5) is 21.8. The lowest BCUT2D eigenvalue weighted by Gasteiger charge is -2.08. The van der Waals surface area contributed by atoms with E-state index < -0.39 is 11.9 Å². The lowest BCUT2D eigenvalue weighted by Crippen LogP contribution is -2.24. The van der Waals surface area contributed by atoms with Gasteiger partial charge in [0.1, 0.15) is 6.10 Å². The highest BCUT2D eigenvalue weighted by Gasteiger charge is 2.72. The van der Waals surface area contributed by atoms with Gasteiger partial charge in [-0.3, -0.25) is 9.59 Å². The average molecular weight is 168 g/mol. The Kier molecular flexibility index (Phi) is 0.888. The van der Waals surface area contributed by atoms with E-state index in [9.17, 15) is 9.59 Å². The summed E-state index contributed by atoms with van der Waals surface area (Å²) in [6, 6.07) is 0. The number of fused-ring (bicyclic) bond motifs is 1. The second-order valence-electron chi connectivity index (χ2n) is 3.85. The van der Waals surface area contributed by atoms with Crippen molar-refractivity contribution in [2.45, 2.75) is 12.5 Å². The molecule has 3 rings (SSSR count). The van der Waals surface area contributed by atoms with Crippen LogP contribution in [0.4, 0.5) is 0 Å². The van der Waals surface area contributed by atoms with Gasteiger partial charge in [0.2, 0.25) is 0 Å². The molecule has 0 aromatic heterocycles. The first kappa shape index (κ1) is 6.46. The highest BCUT2D eigenvalue weighted by atomic mass is 16.6. The second-order valence-corrected chi connectivity index (χ2v) is 3.85. The molecule has 1 aliphatic heterocycles. The van der Waals surface area contributed by atoms with Gasteiger partial charge in [0, 0.05) is 11.8 Å². The minimum Gasteiger partial charge on any atom is -0.481 e. The monoisotopic (exact) mass is 168 g/mol. The molecule has 1 heterocycles. The summed E-state index contributed by atoms with van der Waals surface area (Å²) < 4.78 is 5.00. The molecule has 0 aromatic carbocycles. The lowest BCUT2D eigenvalue weighted by molar-refractivity contribution is -0.151. The Bertz CT molecular complexity index is 285. The van der Waals surface area contributed by atoms with E-state index in [0.29, 0.717) is 12.3 Å². The number of carbonyl (C=O) groups is 2. The molecule has 2 saturated carbocycles.